The standard InChI is InChI=1S/C10H20N2/c1-3-12-9-4-5-10(12)7-8(6-9)11-2/h8-11H,3-7H2,1-2H3. The van der Waals surface area contributed by atoms with Gasteiger partial charge in [0.25, 0.3) is 0 Å². The summed E-state index contributed by atoms with van der Waals surface area (Å²) >= 11 is 0. The van der Waals surface area contributed by atoms with Gasteiger partial charge >= 0.3 is 0 Å². The van der Waals surface area contributed by atoms with E-state index >= 15 is 0 Å². The van der Waals surface area contributed by atoms with Crippen LogP contribution in [0.5, 0.6) is 0 Å². The second-order valence-corrected chi connectivity index (χ2v) is 4.17. The average molecular weight is 168 g/mol. The number of fused-ring (bicyclic) bond motifs is 2. The molecular weight excluding hydrogens is 148 g/mol. The van der Waals surface area contributed by atoms with Crippen LogP contribution in [0.2, 0.25) is 0 Å². The van der Waals surface area contributed by atoms with E-state index in [1.165, 1.54) is 32.2 Å². The molecule has 0 aromatic rings. The summed E-state index contributed by atoms with van der Waals surface area (Å²) in [5.74, 6) is 0. The van der Waals surface area contributed by atoms with Crippen LogP contribution in [0.15, 0.2) is 0 Å². The molecule has 0 amide bonds. The van der Waals surface area contributed by atoms with Crippen molar-refractivity contribution in [3.05, 3.63) is 0 Å². The Morgan fingerprint density at radius 2 is 1.83 bits per heavy atom. The summed E-state index contributed by atoms with van der Waals surface area (Å²) in [4.78, 5) is 2.70. The zero-order valence-corrected chi connectivity index (χ0v) is 8.21. The van der Waals surface area contributed by atoms with Gasteiger partial charge in [-0.1, -0.05) is 6.92 Å². The number of piperidine rings is 1. The molecule has 70 valence electrons. The van der Waals surface area contributed by atoms with Crippen molar-refractivity contribution in [3.8, 4) is 0 Å². The molecule has 0 spiro atoms. The molecule has 2 atom stereocenters. The topological polar surface area (TPSA) is 15.3 Å². The summed E-state index contributed by atoms with van der Waals surface area (Å²) < 4.78 is 0. The van der Waals surface area contributed by atoms with Gasteiger partial charge in [0.2, 0.25) is 0 Å². The molecule has 0 saturated carbocycles. The molecular formula is C10H20N2. The third-order valence-corrected chi connectivity index (χ3v) is 3.66. The van der Waals surface area contributed by atoms with Gasteiger partial charge in [-0.2, -0.15) is 0 Å². The van der Waals surface area contributed by atoms with Crippen molar-refractivity contribution >= 4 is 0 Å². The Morgan fingerprint density at radius 1 is 1.25 bits per heavy atom. The van der Waals surface area contributed by atoms with Crippen molar-refractivity contribution in [1.82, 2.24) is 10.2 Å². The number of hydrogen-bond donors (Lipinski definition) is 1. The predicted molar refractivity (Wildman–Crippen MR) is 51.3 cm³/mol. The molecule has 1 N–H and O–H groups in total. The van der Waals surface area contributed by atoms with Gasteiger partial charge in [-0.25, -0.2) is 0 Å². The first-order valence-corrected chi connectivity index (χ1v) is 5.28. The zero-order valence-electron chi connectivity index (χ0n) is 8.21. The van der Waals surface area contributed by atoms with Crippen LogP contribution in [-0.4, -0.2) is 36.6 Å². The van der Waals surface area contributed by atoms with E-state index in [0.717, 1.165) is 18.1 Å². The van der Waals surface area contributed by atoms with E-state index in [9.17, 15) is 0 Å². The lowest BCUT2D eigenvalue weighted by atomic mass is 9.98. The molecule has 2 rings (SSSR count). The van der Waals surface area contributed by atoms with E-state index in [1.54, 1.807) is 0 Å². The Bertz CT molecular complexity index is 144. The second-order valence-electron chi connectivity index (χ2n) is 4.17. The molecule has 2 nitrogen and oxygen atoms in total. The van der Waals surface area contributed by atoms with Crippen LogP contribution in [-0.2, 0) is 0 Å². The van der Waals surface area contributed by atoms with Crippen LogP contribution >= 0.6 is 0 Å². The minimum atomic E-state index is 0.797. The molecule has 2 unspecified atom stereocenters. The van der Waals surface area contributed by atoms with Gasteiger partial charge < -0.3 is 5.32 Å². The molecule has 0 radical (unpaired) electrons. The Kier molecular flexibility index (Phi) is 2.37. The quantitative estimate of drug-likeness (QED) is 0.667. The second kappa shape index (κ2) is 3.35. The van der Waals surface area contributed by atoms with Gasteiger partial charge in [0.1, 0.15) is 0 Å². The highest BCUT2D eigenvalue weighted by Gasteiger charge is 2.38. The van der Waals surface area contributed by atoms with Gasteiger partial charge in [0.05, 0.1) is 0 Å². The first-order chi connectivity index (χ1) is 5.85. The third-order valence-electron chi connectivity index (χ3n) is 3.66. The van der Waals surface area contributed by atoms with Crippen molar-refractivity contribution < 1.29 is 0 Å². The van der Waals surface area contributed by atoms with E-state index in [4.69, 9.17) is 0 Å². The molecule has 0 aliphatic carbocycles. The third kappa shape index (κ3) is 1.27. The van der Waals surface area contributed by atoms with Crippen molar-refractivity contribution in [2.24, 2.45) is 0 Å². The number of nitrogens with zero attached hydrogens (tertiary/aromatic N) is 1. The Labute approximate surface area is 75.3 Å². The van der Waals surface area contributed by atoms with E-state index in [0.29, 0.717) is 0 Å². The summed E-state index contributed by atoms with van der Waals surface area (Å²) in [6.07, 6.45) is 5.63. The summed E-state index contributed by atoms with van der Waals surface area (Å²) in [6, 6.07) is 2.59. The van der Waals surface area contributed by atoms with Crippen LogP contribution < -0.4 is 5.32 Å². The maximum Gasteiger partial charge on any atom is 0.0113 e. The van der Waals surface area contributed by atoms with Crippen LogP contribution in [0.4, 0.5) is 0 Å². The number of nitrogens with one attached hydrogen (secondary N) is 1. The molecule has 2 aliphatic rings. The van der Waals surface area contributed by atoms with E-state index in [-0.39, 0.29) is 0 Å². The molecule has 2 bridgehead atoms. The minimum absolute atomic E-state index is 0.797. The van der Waals surface area contributed by atoms with Gasteiger partial charge in [-0.05, 0) is 39.3 Å². The minimum Gasteiger partial charge on any atom is -0.317 e. The van der Waals surface area contributed by atoms with Crippen molar-refractivity contribution in [3.63, 3.8) is 0 Å². The fourth-order valence-electron chi connectivity index (χ4n) is 3.03. The predicted octanol–water partition coefficient (Wildman–Crippen LogP) is 1.22. The monoisotopic (exact) mass is 168 g/mol. The molecule has 2 heteroatoms. The van der Waals surface area contributed by atoms with Crippen LogP contribution in [0, 0.1) is 0 Å². The fraction of sp³-hybridized carbons (Fsp3) is 1.00. The van der Waals surface area contributed by atoms with Crippen LogP contribution in [0.25, 0.3) is 0 Å². The van der Waals surface area contributed by atoms with Gasteiger partial charge in [-0.3, -0.25) is 4.90 Å². The lowest BCUT2D eigenvalue weighted by molar-refractivity contribution is 0.126. The fourth-order valence-corrected chi connectivity index (χ4v) is 3.03. The molecule has 12 heavy (non-hydrogen) atoms. The SMILES string of the molecule is CCN1C2CCC1CC(NC)C2. The normalized spacial score (nSPS) is 42.0. The highest BCUT2D eigenvalue weighted by atomic mass is 15.2. The van der Waals surface area contributed by atoms with Gasteiger partial charge in [0.15, 0.2) is 0 Å². The van der Waals surface area contributed by atoms with Crippen molar-refractivity contribution in [1.29, 1.82) is 0 Å². The highest BCUT2D eigenvalue weighted by Crippen LogP contribution is 2.34. The summed E-state index contributed by atoms with van der Waals surface area (Å²) in [7, 11) is 2.10. The lowest BCUT2D eigenvalue weighted by Gasteiger charge is -2.38. The maximum absolute atomic E-state index is 3.42. The van der Waals surface area contributed by atoms with E-state index in [1.807, 2.05) is 0 Å². The van der Waals surface area contributed by atoms with E-state index < -0.39 is 0 Å². The Hall–Kier alpha value is -0.0800. The van der Waals surface area contributed by atoms with Crippen molar-refractivity contribution in [2.45, 2.75) is 50.7 Å². The Balaban J connectivity index is 2.01. The summed E-state index contributed by atoms with van der Waals surface area (Å²) in [5.41, 5.74) is 0. The first kappa shape index (κ1) is 8.52. The highest BCUT2D eigenvalue weighted by molar-refractivity contribution is 4.96. The van der Waals surface area contributed by atoms with Gasteiger partial charge in [0, 0.05) is 18.1 Å². The molecule has 0 aromatic heterocycles. The number of hydrogen-bond acceptors (Lipinski definition) is 2. The summed E-state index contributed by atoms with van der Waals surface area (Å²) in [6.45, 7) is 3.55. The molecule has 2 saturated heterocycles. The smallest absolute Gasteiger partial charge is 0.0113 e. The average Bonchev–Trinajstić information content (AvgIpc) is 2.35. The molecule has 2 aliphatic heterocycles. The lowest BCUT2D eigenvalue weighted by Crippen LogP contribution is -2.48. The summed E-state index contributed by atoms with van der Waals surface area (Å²) in [5, 5.41) is 3.42. The van der Waals surface area contributed by atoms with E-state index in [2.05, 4.69) is 24.2 Å². The number of rotatable bonds is 2. The van der Waals surface area contributed by atoms with Crippen LogP contribution in [0.1, 0.15) is 32.6 Å². The maximum atomic E-state index is 3.42. The van der Waals surface area contributed by atoms with Crippen molar-refractivity contribution in [2.75, 3.05) is 13.6 Å². The van der Waals surface area contributed by atoms with Crippen LogP contribution in [0.3, 0.4) is 0 Å². The molecule has 0 aromatic carbocycles. The van der Waals surface area contributed by atoms with Gasteiger partial charge in [-0.15, -0.1) is 0 Å². The first-order valence-electron chi connectivity index (χ1n) is 5.28. The largest absolute Gasteiger partial charge is 0.317 e. The zero-order chi connectivity index (χ0) is 8.55. The molecule has 2 heterocycles. The molecule has 2 fully saturated rings. The Morgan fingerprint density at radius 3 is 2.25 bits per heavy atom.